The summed E-state index contributed by atoms with van der Waals surface area (Å²) in [5.74, 6) is -1.05. The highest BCUT2D eigenvalue weighted by molar-refractivity contribution is 5.47. The second-order valence-corrected chi connectivity index (χ2v) is 3.99. The first-order valence-electron chi connectivity index (χ1n) is 5.06. The van der Waals surface area contributed by atoms with Gasteiger partial charge in [0.2, 0.25) is 0 Å². The van der Waals surface area contributed by atoms with Crippen molar-refractivity contribution in [3.63, 3.8) is 0 Å². The quantitative estimate of drug-likeness (QED) is 0.807. The van der Waals surface area contributed by atoms with Gasteiger partial charge in [0.25, 0.3) is 0 Å². The van der Waals surface area contributed by atoms with Crippen LogP contribution in [0, 0.1) is 11.6 Å². The number of likely N-dealkylation sites (N-methyl/N-ethyl adjacent to an activating group) is 1. The summed E-state index contributed by atoms with van der Waals surface area (Å²) >= 11 is 0. The molecule has 1 aromatic carbocycles. The third kappa shape index (κ3) is 2.26. The molecule has 1 unspecified atom stereocenters. The van der Waals surface area contributed by atoms with E-state index in [1.165, 1.54) is 18.2 Å². The number of benzene rings is 1. The average Bonchev–Trinajstić information content (AvgIpc) is 2.58. The third-order valence-electron chi connectivity index (χ3n) is 2.70. The Morgan fingerprint density at radius 1 is 1.33 bits per heavy atom. The number of anilines is 1. The number of nitrogens with zero attached hydrogens (tertiary/aromatic N) is 1. The van der Waals surface area contributed by atoms with Crippen LogP contribution in [0.2, 0.25) is 0 Å². The molecule has 0 bridgehead atoms. The number of halogens is 2. The van der Waals surface area contributed by atoms with Crippen molar-refractivity contribution in [1.29, 1.82) is 0 Å². The number of rotatable bonds is 2. The predicted octanol–water partition coefficient (Wildman–Crippen LogP) is 2.08. The highest BCUT2D eigenvalue weighted by atomic mass is 19.1. The molecule has 1 N–H and O–H groups in total. The molecule has 0 spiro atoms. The standard InChI is InChI=1S/C11H14F2N2/c1-15-6-5-8(7-15)14-11-9(12)3-2-4-10(11)13/h2-4,8,14H,5-7H2,1H3. The topological polar surface area (TPSA) is 15.3 Å². The van der Waals surface area contributed by atoms with Crippen LogP contribution >= 0.6 is 0 Å². The van der Waals surface area contributed by atoms with E-state index in [0.29, 0.717) is 0 Å². The molecule has 1 fully saturated rings. The Balaban J connectivity index is 2.10. The molecule has 1 heterocycles. The van der Waals surface area contributed by atoms with Crippen LogP contribution in [0.25, 0.3) is 0 Å². The molecule has 1 aliphatic rings. The van der Waals surface area contributed by atoms with Crippen molar-refractivity contribution >= 4 is 5.69 Å². The lowest BCUT2D eigenvalue weighted by Crippen LogP contribution is -2.24. The number of hydrogen-bond acceptors (Lipinski definition) is 2. The van der Waals surface area contributed by atoms with Gasteiger partial charge in [-0.05, 0) is 32.1 Å². The lowest BCUT2D eigenvalue weighted by molar-refractivity contribution is 0.413. The Labute approximate surface area is 87.9 Å². The Bertz CT molecular complexity index is 334. The normalized spacial score (nSPS) is 21.9. The van der Waals surface area contributed by atoms with Crippen molar-refractivity contribution in [3.05, 3.63) is 29.8 Å². The number of likely N-dealkylation sites (tertiary alicyclic amines) is 1. The summed E-state index contributed by atoms with van der Waals surface area (Å²) in [5.41, 5.74) is -0.00204. The van der Waals surface area contributed by atoms with Gasteiger partial charge in [-0.25, -0.2) is 8.78 Å². The molecule has 0 aliphatic carbocycles. The number of para-hydroxylation sites is 1. The fraction of sp³-hybridized carbons (Fsp3) is 0.455. The molecule has 1 aromatic rings. The van der Waals surface area contributed by atoms with E-state index in [0.717, 1.165) is 19.5 Å². The minimum Gasteiger partial charge on any atom is -0.376 e. The third-order valence-corrected chi connectivity index (χ3v) is 2.70. The van der Waals surface area contributed by atoms with Crippen LogP contribution in [0.3, 0.4) is 0 Å². The molecule has 4 heteroatoms. The Hall–Kier alpha value is -1.16. The first-order chi connectivity index (χ1) is 7.16. The van der Waals surface area contributed by atoms with Crippen molar-refractivity contribution in [2.24, 2.45) is 0 Å². The summed E-state index contributed by atoms with van der Waals surface area (Å²) < 4.78 is 26.6. The van der Waals surface area contributed by atoms with Crippen molar-refractivity contribution in [2.45, 2.75) is 12.5 Å². The Morgan fingerprint density at radius 2 is 2.00 bits per heavy atom. The molecule has 2 rings (SSSR count). The summed E-state index contributed by atoms with van der Waals surface area (Å²) in [6.07, 6.45) is 0.921. The van der Waals surface area contributed by atoms with Crippen LogP contribution < -0.4 is 5.32 Å². The second kappa shape index (κ2) is 4.14. The van der Waals surface area contributed by atoms with E-state index in [1.54, 1.807) is 0 Å². The van der Waals surface area contributed by atoms with Crippen LogP contribution in [0.4, 0.5) is 14.5 Å². The van der Waals surface area contributed by atoms with Gasteiger partial charge in [0, 0.05) is 12.6 Å². The van der Waals surface area contributed by atoms with Crippen LogP contribution in [-0.2, 0) is 0 Å². The lowest BCUT2D eigenvalue weighted by Gasteiger charge is -2.15. The number of nitrogens with one attached hydrogen (secondary N) is 1. The van der Waals surface area contributed by atoms with Crippen LogP contribution in [0.15, 0.2) is 18.2 Å². The van der Waals surface area contributed by atoms with E-state index in [-0.39, 0.29) is 11.7 Å². The minimum absolute atomic E-state index is 0.00204. The average molecular weight is 212 g/mol. The molecule has 15 heavy (non-hydrogen) atoms. The molecule has 0 saturated carbocycles. The maximum atomic E-state index is 13.3. The monoisotopic (exact) mass is 212 g/mol. The van der Waals surface area contributed by atoms with Gasteiger partial charge in [-0.1, -0.05) is 6.07 Å². The molecule has 1 aliphatic heterocycles. The van der Waals surface area contributed by atoms with Crippen molar-refractivity contribution in [1.82, 2.24) is 4.90 Å². The molecule has 0 amide bonds. The zero-order valence-corrected chi connectivity index (χ0v) is 8.63. The van der Waals surface area contributed by atoms with Gasteiger partial charge in [0.1, 0.15) is 17.3 Å². The van der Waals surface area contributed by atoms with Crippen molar-refractivity contribution in [3.8, 4) is 0 Å². The summed E-state index contributed by atoms with van der Waals surface area (Å²) in [5, 5.41) is 2.92. The first-order valence-corrected chi connectivity index (χ1v) is 5.06. The summed E-state index contributed by atoms with van der Waals surface area (Å²) in [4.78, 5) is 2.14. The van der Waals surface area contributed by atoms with E-state index in [1.807, 2.05) is 7.05 Å². The van der Waals surface area contributed by atoms with Crippen molar-refractivity contribution in [2.75, 3.05) is 25.5 Å². The Morgan fingerprint density at radius 3 is 2.53 bits per heavy atom. The van der Waals surface area contributed by atoms with E-state index >= 15 is 0 Å². The highest BCUT2D eigenvalue weighted by Gasteiger charge is 2.21. The lowest BCUT2D eigenvalue weighted by atomic mass is 10.2. The fourth-order valence-electron chi connectivity index (χ4n) is 1.89. The van der Waals surface area contributed by atoms with E-state index in [4.69, 9.17) is 0 Å². The van der Waals surface area contributed by atoms with Gasteiger partial charge < -0.3 is 10.2 Å². The van der Waals surface area contributed by atoms with Gasteiger partial charge in [-0.3, -0.25) is 0 Å². The van der Waals surface area contributed by atoms with Gasteiger partial charge >= 0.3 is 0 Å². The molecule has 82 valence electrons. The SMILES string of the molecule is CN1CCC(Nc2c(F)cccc2F)C1. The van der Waals surface area contributed by atoms with Crippen LogP contribution in [-0.4, -0.2) is 31.1 Å². The molecular weight excluding hydrogens is 198 g/mol. The second-order valence-electron chi connectivity index (χ2n) is 3.99. The van der Waals surface area contributed by atoms with E-state index in [2.05, 4.69) is 10.2 Å². The summed E-state index contributed by atoms with van der Waals surface area (Å²) in [7, 11) is 2.00. The Kier molecular flexibility index (Phi) is 2.86. The maximum absolute atomic E-state index is 13.3. The molecule has 1 atom stereocenters. The van der Waals surface area contributed by atoms with Gasteiger partial charge in [-0.15, -0.1) is 0 Å². The van der Waals surface area contributed by atoms with E-state index < -0.39 is 11.6 Å². The zero-order valence-electron chi connectivity index (χ0n) is 8.63. The zero-order chi connectivity index (χ0) is 10.8. The van der Waals surface area contributed by atoms with Crippen LogP contribution in [0.5, 0.6) is 0 Å². The van der Waals surface area contributed by atoms with E-state index in [9.17, 15) is 8.78 Å². The fourth-order valence-corrected chi connectivity index (χ4v) is 1.89. The first kappa shape index (κ1) is 10.4. The molecular formula is C11H14F2N2. The highest BCUT2D eigenvalue weighted by Crippen LogP contribution is 2.21. The summed E-state index contributed by atoms with van der Waals surface area (Å²) in [6, 6.07) is 4.05. The van der Waals surface area contributed by atoms with Gasteiger partial charge in [0.15, 0.2) is 0 Å². The largest absolute Gasteiger partial charge is 0.376 e. The molecule has 0 radical (unpaired) electrons. The molecule has 0 aromatic heterocycles. The van der Waals surface area contributed by atoms with Gasteiger partial charge in [0.05, 0.1) is 0 Å². The smallest absolute Gasteiger partial charge is 0.149 e. The van der Waals surface area contributed by atoms with Crippen LogP contribution in [0.1, 0.15) is 6.42 Å². The predicted molar refractivity (Wildman–Crippen MR) is 55.9 cm³/mol. The number of hydrogen-bond donors (Lipinski definition) is 1. The summed E-state index contributed by atoms with van der Waals surface area (Å²) in [6.45, 7) is 1.79. The van der Waals surface area contributed by atoms with Crippen molar-refractivity contribution < 1.29 is 8.78 Å². The van der Waals surface area contributed by atoms with Gasteiger partial charge in [-0.2, -0.15) is 0 Å². The maximum Gasteiger partial charge on any atom is 0.149 e. The molecule has 1 saturated heterocycles. The molecule has 2 nitrogen and oxygen atoms in total. The minimum atomic E-state index is -0.524.